The van der Waals surface area contributed by atoms with Crippen LogP contribution in [0.2, 0.25) is 0 Å². The van der Waals surface area contributed by atoms with Gasteiger partial charge in [-0.25, -0.2) is 8.42 Å². The molecule has 0 bridgehead atoms. The Morgan fingerprint density at radius 3 is 2.30 bits per heavy atom. The molecule has 6 nitrogen and oxygen atoms in total. The molecule has 172 valence electrons. The minimum atomic E-state index is -3.71. The van der Waals surface area contributed by atoms with Gasteiger partial charge in [0.25, 0.3) is 0 Å². The van der Waals surface area contributed by atoms with Crippen LogP contribution in [0.4, 0.5) is 5.69 Å². The van der Waals surface area contributed by atoms with Gasteiger partial charge in [-0.15, -0.1) is 11.3 Å². The number of aryl methyl sites for hydroxylation is 2. The molecule has 1 aliphatic rings. The van der Waals surface area contributed by atoms with E-state index in [0.717, 1.165) is 16.8 Å². The molecule has 4 rings (SSSR count). The third kappa shape index (κ3) is 5.02. The van der Waals surface area contributed by atoms with E-state index in [0.29, 0.717) is 4.88 Å². The lowest BCUT2D eigenvalue weighted by Gasteiger charge is -2.19. The van der Waals surface area contributed by atoms with Crippen LogP contribution in [0.15, 0.2) is 70.9 Å². The van der Waals surface area contributed by atoms with Crippen molar-refractivity contribution >= 4 is 38.7 Å². The minimum Gasteiger partial charge on any atom is -0.354 e. The second-order valence-corrected chi connectivity index (χ2v) is 11.5. The largest absolute Gasteiger partial charge is 0.354 e. The first-order chi connectivity index (χ1) is 15.8. The fourth-order valence-corrected chi connectivity index (χ4v) is 6.71. The van der Waals surface area contributed by atoms with E-state index in [-0.39, 0.29) is 36.2 Å². The molecule has 0 radical (unpaired) electrons. The fraction of sp³-hybridized carbons (Fsp3) is 0.280. The molecule has 0 saturated carbocycles. The molecule has 8 heteroatoms. The number of nitrogens with one attached hydrogen (secondary N) is 1. The van der Waals surface area contributed by atoms with Crippen LogP contribution in [0.25, 0.3) is 0 Å². The molecule has 1 N–H and O–H groups in total. The number of amides is 2. The predicted molar refractivity (Wildman–Crippen MR) is 130 cm³/mol. The maximum Gasteiger partial charge on any atom is 0.227 e. The number of hydrogen-bond acceptors (Lipinski definition) is 5. The first-order valence-electron chi connectivity index (χ1n) is 10.7. The van der Waals surface area contributed by atoms with Crippen LogP contribution in [-0.2, 0) is 19.4 Å². The zero-order valence-corrected chi connectivity index (χ0v) is 20.2. The fourth-order valence-electron chi connectivity index (χ4n) is 3.92. The number of thiophene rings is 1. The van der Waals surface area contributed by atoms with Crippen molar-refractivity contribution in [2.75, 3.05) is 18.0 Å². The van der Waals surface area contributed by atoms with Crippen LogP contribution < -0.4 is 10.2 Å². The summed E-state index contributed by atoms with van der Waals surface area (Å²) in [5.74, 6) is -0.940. The van der Waals surface area contributed by atoms with Gasteiger partial charge in [-0.3, -0.25) is 9.59 Å². The molecule has 0 unspecified atom stereocenters. The van der Waals surface area contributed by atoms with E-state index in [4.69, 9.17) is 0 Å². The first kappa shape index (κ1) is 23.2. The molecule has 3 aromatic rings. The van der Waals surface area contributed by atoms with Crippen molar-refractivity contribution in [3.05, 3.63) is 82.0 Å². The van der Waals surface area contributed by atoms with Crippen molar-refractivity contribution < 1.29 is 18.0 Å². The van der Waals surface area contributed by atoms with Crippen molar-refractivity contribution in [2.24, 2.45) is 5.92 Å². The number of anilines is 1. The molecule has 1 aromatic heterocycles. The molecule has 2 atom stereocenters. The Morgan fingerprint density at radius 2 is 1.70 bits per heavy atom. The Labute approximate surface area is 198 Å². The van der Waals surface area contributed by atoms with Crippen LogP contribution in [0.5, 0.6) is 0 Å². The molecule has 1 saturated heterocycles. The number of benzene rings is 2. The van der Waals surface area contributed by atoms with Gasteiger partial charge >= 0.3 is 0 Å². The van der Waals surface area contributed by atoms with Crippen LogP contribution in [0, 0.1) is 19.8 Å². The maximum atomic E-state index is 13.4. The van der Waals surface area contributed by atoms with Gasteiger partial charge in [0.05, 0.1) is 10.8 Å². The molecule has 33 heavy (non-hydrogen) atoms. The average molecular weight is 483 g/mol. The molecule has 2 amide bonds. The standard InChI is InChI=1S/C25H26N2O4S2/c1-17-5-9-20(10-6-17)27-16-19(14-24(27)28)25(29)26-15-23(22-4-3-13-32-22)33(30,31)21-11-7-18(2)8-12-21/h3-13,19,23H,14-16H2,1-2H3,(H,26,29)/t19-,23-/m0/s1. The van der Waals surface area contributed by atoms with Crippen LogP contribution in [-0.4, -0.2) is 33.3 Å². The van der Waals surface area contributed by atoms with Crippen molar-refractivity contribution in [3.8, 4) is 0 Å². The third-order valence-corrected chi connectivity index (χ3v) is 9.12. The molecule has 1 fully saturated rings. The molecular formula is C25H26N2O4S2. The Balaban J connectivity index is 1.48. The number of hydrogen-bond donors (Lipinski definition) is 1. The van der Waals surface area contributed by atoms with Gasteiger partial charge in [0.2, 0.25) is 11.8 Å². The van der Waals surface area contributed by atoms with Gasteiger partial charge in [0.15, 0.2) is 9.84 Å². The van der Waals surface area contributed by atoms with Crippen molar-refractivity contribution in [1.29, 1.82) is 0 Å². The zero-order chi connectivity index (χ0) is 23.6. The van der Waals surface area contributed by atoms with Crippen molar-refractivity contribution in [3.63, 3.8) is 0 Å². The van der Waals surface area contributed by atoms with Crippen LogP contribution in [0.3, 0.4) is 0 Å². The highest BCUT2D eigenvalue weighted by Gasteiger charge is 2.36. The first-order valence-corrected chi connectivity index (χ1v) is 13.2. The van der Waals surface area contributed by atoms with Gasteiger partial charge in [-0.2, -0.15) is 0 Å². The summed E-state index contributed by atoms with van der Waals surface area (Å²) < 4.78 is 26.8. The van der Waals surface area contributed by atoms with Gasteiger partial charge in [-0.1, -0.05) is 41.5 Å². The predicted octanol–water partition coefficient (Wildman–Crippen LogP) is 4.05. The van der Waals surface area contributed by atoms with E-state index >= 15 is 0 Å². The Bertz CT molecular complexity index is 1230. The van der Waals surface area contributed by atoms with Crippen molar-refractivity contribution in [1.82, 2.24) is 5.32 Å². The van der Waals surface area contributed by atoms with Gasteiger partial charge in [0.1, 0.15) is 5.25 Å². The summed E-state index contributed by atoms with van der Waals surface area (Å²) >= 11 is 1.35. The summed E-state index contributed by atoms with van der Waals surface area (Å²) in [6.07, 6.45) is 0.105. The highest BCUT2D eigenvalue weighted by Crippen LogP contribution is 2.32. The molecule has 2 heterocycles. The van der Waals surface area contributed by atoms with E-state index in [9.17, 15) is 18.0 Å². The SMILES string of the molecule is Cc1ccc(N2C[C@@H](C(=O)NC[C@@H](c3cccs3)S(=O)(=O)c3ccc(C)cc3)CC2=O)cc1. The van der Waals surface area contributed by atoms with E-state index < -0.39 is 21.0 Å². The normalized spacial score (nSPS) is 17.2. The van der Waals surface area contributed by atoms with E-state index in [1.54, 1.807) is 41.3 Å². The number of rotatable bonds is 7. The number of carbonyl (C=O) groups excluding carboxylic acids is 2. The van der Waals surface area contributed by atoms with Crippen LogP contribution in [0.1, 0.15) is 27.7 Å². The van der Waals surface area contributed by atoms with E-state index in [1.165, 1.54) is 11.3 Å². The Hall–Kier alpha value is -2.97. The number of carbonyl (C=O) groups is 2. The second kappa shape index (κ2) is 9.49. The number of nitrogens with zero attached hydrogens (tertiary/aromatic N) is 1. The highest BCUT2D eigenvalue weighted by atomic mass is 32.2. The summed E-state index contributed by atoms with van der Waals surface area (Å²) in [5.41, 5.74) is 2.83. The Morgan fingerprint density at radius 1 is 1.06 bits per heavy atom. The lowest BCUT2D eigenvalue weighted by Crippen LogP contribution is -2.37. The minimum absolute atomic E-state index is 0.0508. The van der Waals surface area contributed by atoms with E-state index in [1.807, 2.05) is 43.5 Å². The van der Waals surface area contributed by atoms with Gasteiger partial charge in [0, 0.05) is 30.1 Å². The average Bonchev–Trinajstić information content (AvgIpc) is 3.45. The number of sulfone groups is 1. The molecule has 0 aliphatic carbocycles. The third-order valence-electron chi connectivity index (χ3n) is 5.89. The lowest BCUT2D eigenvalue weighted by atomic mass is 10.1. The topological polar surface area (TPSA) is 83.6 Å². The summed E-state index contributed by atoms with van der Waals surface area (Å²) in [6.45, 7) is 4.10. The second-order valence-electron chi connectivity index (χ2n) is 8.35. The van der Waals surface area contributed by atoms with Crippen molar-refractivity contribution in [2.45, 2.75) is 30.4 Å². The maximum absolute atomic E-state index is 13.4. The Kier molecular flexibility index (Phi) is 6.67. The van der Waals surface area contributed by atoms with Crippen LogP contribution >= 0.6 is 11.3 Å². The molecule has 0 spiro atoms. The molecule has 1 aliphatic heterocycles. The monoisotopic (exact) mass is 482 g/mol. The smallest absolute Gasteiger partial charge is 0.227 e. The summed E-state index contributed by atoms with van der Waals surface area (Å²) in [5, 5.41) is 3.74. The lowest BCUT2D eigenvalue weighted by molar-refractivity contribution is -0.126. The summed E-state index contributed by atoms with van der Waals surface area (Å²) in [7, 11) is -3.71. The molecular weight excluding hydrogens is 456 g/mol. The summed E-state index contributed by atoms with van der Waals surface area (Å²) in [6, 6.07) is 17.9. The summed E-state index contributed by atoms with van der Waals surface area (Å²) in [4.78, 5) is 28.0. The zero-order valence-electron chi connectivity index (χ0n) is 18.5. The highest BCUT2D eigenvalue weighted by molar-refractivity contribution is 7.91. The molecule has 2 aromatic carbocycles. The van der Waals surface area contributed by atoms with Gasteiger partial charge in [-0.05, 0) is 49.6 Å². The van der Waals surface area contributed by atoms with E-state index in [2.05, 4.69) is 5.32 Å². The van der Waals surface area contributed by atoms with Gasteiger partial charge < -0.3 is 10.2 Å². The quantitative estimate of drug-likeness (QED) is 0.551.